The van der Waals surface area contributed by atoms with Crippen molar-refractivity contribution in [1.29, 1.82) is 0 Å². The van der Waals surface area contributed by atoms with Crippen LogP contribution in [0.25, 0.3) is 21.2 Å². The van der Waals surface area contributed by atoms with Crippen molar-refractivity contribution in [3.8, 4) is 22.6 Å². The molecule has 0 saturated heterocycles. The molecule has 0 unspecified atom stereocenters. The van der Waals surface area contributed by atoms with Crippen molar-refractivity contribution in [2.24, 2.45) is 0 Å². The third kappa shape index (κ3) is 1.39. The van der Waals surface area contributed by atoms with E-state index in [9.17, 15) is 0 Å². The van der Waals surface area contributed by atoms with E-state index in [1.54, 1.807) is 11.3 Å². The van der Waals surface area contributed by atoms with Gasteiger partial charge in [-0.1, -0.05) is 6.07 Å². The summed E-state index contributed by atoms with van der Waals surface area (Å²) in [4.78, 5) is 4.14. The van der Waals surface area contributed by atoms with Gasteiger partial charge in [-0.15, -0.1) is 11.3 Å². The van der Waals surface area contributed by atoms with Crippen LogP contribution in [0.3, 0.4) is 0 Å². The Balaban J connectivity index is 1.92. The van der Waals surface area contributed by atoms with E-state index in [1.807, 2.05) is 30.6 Å². The van der Waals surface area contributed by atoms with Gasteiger partial charge in [0.05, 0.1) is 4.70 Å². The smallest absolute Gasteiger partial charge is 0.231 e. The number of rotatable bonds is 1. The van der Waals surface area contributed by atoms with Crippen LogP contribution in [0, 0.1) is 0 Å². The Hall–Kier alpha value is -2.07. The summed E-state index contributed by atoms with van der Waals surface area (Å²) in [6, 6.07) is 8.10. The number of pyridine rings is 1. The van der Waals surface area contributed by atoms with Crippen LogP contribution in [-0.4, -0.2) is 11.8 Å². The fourth-order valence-corrected chi connectivity index (χ4v) is 3.10. The highest BCUT2D eigenvalue weighted by atomic mass is 32.1. The van der Waals surface area contributed by atoms with Crippen LogP contribution in [0.15, 0.2) is 42.0 Å². The SMILES string of the molecule is c1cc2c(-c3ccc4c(c3)OCO4)csc2cn1. The van der Waals surface area contributed by atoms with E-state index >= 15 is 0 Å². The molecule has 4 rings (SSSR count). The predicted molar refractivity (Wildman–Crippen MR) is 71.2 cm³/mol. The molecule has 0 amide bonds. The van der Waals surface area contributed by atoms with E-state index in [4.69, 9.17) is 9.47 Å². The molecule has 2 aromatic heterocycles. The van der Waals surface area contributed by atoms with Gasteiger partial charge in [0.1, 0.15) is 0 Å². The molecular weight excluding hydrogens is 246 g/mol. The quantitative estimate of drug-likeness (QED) is 0.664. The lowest BCUT2D eigenvalue weighted by Gasteiger charge is -2.01. The minimum absolute atomic E-state index is 0.313. The largest absolute Gasteiger partial charge is 0.454 e. The standard InChI is InChI=1S/C14H9NO2S/c1-2-12-13(17-8-16-12)5-9(1)11-7-18-14-6-15-4-3-10(11)14/h1-7H,8H2. The van der Waals surface area contributed by atoms with Crippen LogP contribution in [0.4, 0.5) is 0 Å². The van der Waals surface area contributed by atoms with Gasteiger partial charge in [0.25, 0.3) is 0 Å². The van der Waals surface area contributed by atoms with Gasteiger partial charge in [-0.25, -0.2) is 0 Å². The lowest BCUT2D eigenvalue weighted by molar-refractivity contribution is 0.174. The van der Waals surface area contributed by atoms with E-state index in [0.29, 0.717) is 6.79 Å². The topological polar surface area (TPSA) is 31.4 Å². The van der Waals surface area contributed by atoms with E-state index in [-0.39, 0.29) is 0 Å². The second-order valence-electron chi connectivity index (χ2n) is 4.09. The first-order chi connectivity index (χ1) is 8.92. The van der Waals surface area contributed by atoms with Crippen LogP contribution in [0.1, 0.15) is 0 Å². The molecule has 3 nitrogen and oxygen atoms in total. The first-order valence-corrected chi connectivity index (χ1v) is 6.51. The van der Waals surface area contributed by atoms with Crippen LogP contribution in [0.5, 0.6) is 11.5 Å². The zero-order valence-electron chi connectivity index (χ0n) is 9.42. The van der Waals surface area contributed by atoms with Crippen molar-refractivity contribution in [3.05, 3.63) is 42.0 Å². The maximum Gasteiger partial charge on any atom is 0.231 e. The number of aromatic nitrogens is 1. The molecule has 1 aliphatic heterocycles. The summed E-state index contributed by atoms with van der Waals surface area (Å²) in [5.74, 6) is 1.64. The highest BCUT2D eigenvalue weighted by Gasteiger charge is 2.15. The molecule has 0 N–H and O–H groups in total. The molecule has 3 heterocycles. The average Bonchev–Trinajstić information content (AvgIpc) is 3.04. The van der Waals surface area contributed by atoms with Crippen molar-refractivity contribution in [3.63, 3.8) is 0 Å². The maximum atomic E-state index is 5.42. The summed E-state index contributed by atoms with van der Waals surface area (Å²) in [6.45, 7) is 0.313. The van der Waals surface area contributed by atoms with Crippen LogP contribution >= 0.6 is 11.3 Å². The summed E-state index contributed by atoms with van der Waals surface area (Å²) in [5.41, 5.74) is 2.37. The molecule has 88 valence electrons. The number of hydrogen-bond acceptors (Lipinski definition) is 4. The molecule has 0 bridgehead atoms. The number of nitrogens with zero attached hydrogens (tertiary/aromatic N) is 1. The Labute approximate surface area is 108 Å². The summed E-state index contributed by atoms with van der Waals surface area (Å²) in [6.07, 6.45) is 3.72. The highest BCUT2D eigenvalue weighted by Crippen LogP contribution is 2.39. The Kier molecular flexibility index (Phi) is 2.04. The van der Waals surface area contributed by atoms with Crippen LogP contribution in [-0.2, 0) is 0 Å². The molecule has 0 radical (unpaired) electrons. The molecular formula is C14H9NO2S. The molecule has 0 saturated carbocycles. The second kappa shape index (κ2) is 3.71. The number of ether oxygens (including phenoxy) is 2. The molecule has 3 aromatic rings. The lowest BCUT2D eigenvalue weighted by Crippen LogP contribution is -1.92. The van der Waals surface area contributed by atoms with Crippen molar-refractivity contribution >= 4 is 21.4 Å². The maximum absolute atomic E-state index is 5.42. The molecule has 1 aliphatic rings. The molecule has 0 aliphatic carbocycles. The zero-order chi connectivity index (χ0) is 11.9. The van der Waals surface area contributed by atoms with Gasteiger partial charge in [-0.2, -0.15) is 0 Å². The molecule has 1 aromatic carbocycles. The fraction of sp³-hybridized carbons (Fsp3) is 0.0714. The van der Waals surface area contributed by atoms with E-state index in [0.717, 1.165) is 17.1 Å². The molecule has 0 fully saturated rings. The average molecular weight is 255 g/mol. The Bertz CT molecular complexity index is 735. The van der Waals surface area contributed by atoms with E-state index in [2.05, 4.69) is 16.4 Å². The van der Waals surface area contributed by atoms with Gasteiger partial charge < -0.3 is 9.47 Å². The number of benzene rings is 1. The Morgan fingerprint density at radius 2 is 2.06 bits per heavy atom. The predicted octanol–water partition coefficient (Wildman–Crippen LogP) is 3.69. The van der Waals surface area contributed by atoms with Crippen molar-refractivity contribution < 1.29 is 9.47 Å². The minimum Gasteiger partial charge on any atom is -0.454 e. The number of fused-ring (bicyclic) bond motifs is 2. The molecule has 18 heavy (non-hydrogen) atoms. The summed E-state index contributed by atoms with van der Waals surface area (Å²) >= 11 is 1.71. The van der Waals surface area contributed by atoms with Gasteiger partial charge >= 0.3 is 0 Å². The first-order valence-electron chi connectivity index (χ1n) is 5.63. The number of hydrogen-bond donors (Lipinski definition) is 0. The van der Waals surface area contributed by atoms with Crippen molar-refractivity contribution in [1.82, 2.24) is 4.98 Å². The van der Waals surface area contributed by atoms with Gasteiger partial charge in [0.15, 0.2) is 11.5 Å². The summed E-state index contributed by atoms with van der Waals surface area (Å²) in [7, 11) is 0. The van der Waals surface area contributed by atoms with Crippen molar-refractivity contribution in [2.45, 2.75) is 0 Å². The Morgan fingerprint density at radius 3 is 3.06 bits per heavy atom. The first kappa shape index (κ1) is 9.91. The minimum atomic E-state index is 0.313. The van der Waals surface area contributed by atoms with Crippen LogP contribution in [0.2, 0.25) is 0 Å². The normalized spacial score (nSPS) is 13.1. The Morgan fingerprint density at radius 1 is 1.11 bits per heavy atom. The fourth-order valence-electron chi connectivity index (χ4n) is 2.17. The summed E-state index contributed by atoms with van der Waals surface area (Å²) in [5, 5.41) is 3.39. The molecule has 0 spiro atoms. The number of thiophene rings is 1. The van der Waals surface area contributed by atoms with E-state index in [1.165, 1.54) is 15.6 Å². The highest BCUT2D eigenvalue weighted by molar-refractivity contribution is 7.17. The van der Waals surface area contributed by atoms with Crippen LogP contribution < -0.4 is 9.47 Å². The van der Waals surface area contributed by atoms with Gasteiger partial charge in [0, 0.05) is 23.3 Å². The lowest BCUT2D eigenvalue weighted by atomic mass is 10.1. The van der Waals surface area contributed by atoms with Gasteiger partial charge in [-0.05, 0) is 29.1 Å². The molecule has 0 atom stereocenters. The van der Waals surface area contributed by atoms with Gasteiger partial charge in [-0.3, -0.25) is 4.98 Å². The molecule has 4 heteroatoms. The van der Waals surface area contributed by atoms with Gasteiger partial charge in [0.2, 0.25) is 6.79 Å². The second-order valence-corrected chi connectivity index (χ2v) is 5.00. The zero-order valence-corrected chi connectivity index (χ0v) is 10.2. The third-order valence-electron chi connectivity index (χ3n) is 3.06. The summed E-state index contributed by atoms with van der Waals surface area (Å²) < 4.78 is 11.9. The monoisotopic (exact) mass is 255 g/mol. The van der Waals surface area contributed by atoms with E-state index < -0.39 is 0 Å². The third-order valence-corrected chi connectivity index (χ3v) is 3.99. The van der Waals surface area contributed by atoms with Crippen molar-refractivity contribution in [2.75, 3.05) is 6.79 Å².